The Kier molecular flexibility index (Phi) is 3.61. The van der Waals surface area contributed by atoms with E-state index in [0.29, 0.717) is 0 Å². The molecule has 0 aliphatic rings. The number of halogens is 4. The Balaban J connectivity index is 2.82. The van der Waals surface area contributed by atoms with Crippen LogP contribution in [-0.2, 0) is 4.74 Å². The predicted octanol–water partition coefficient (Wildman–Crippen LogP) is 4.12. The van der Waals surface area contributed by atoms with Crippen LogP contribution in [0.3, 0.4) is 0 Å². The molecule has 0 saturated heterocycles. The Labute approximate surface area is 116 Å². The van der Waals surface area contributed by atoms with E-state index >= 15 is 0 Å². The molecule has 18 heavy (non-hydrogen) atoms. The highest BCUT2D eigenvalue weighted by molar-refractivity contribution is 6.43. The van der Waals surface area contributed by atoms with Gasteiger partial charge in [0.05, 0.1) is 27.7 Å². The maximum Gasteiger partial charge on any atom is 0.356 e. The zero-order valence-corrected chi connectivity index (χ0v) is 11.2. The monoisotopic (exact) mass is 307 g/mol. The molecule has 0 amide bonds. The molecule has 1 aromatic carbocycles. The quantitative estimate of drug-likeness (QED) is 0.587. The molecule has 0 aliphatic carbocycles. The molecule has 0 aliphatic heterocycles. The van der Waals surface area contributed by atoms with Gasteiger partial charge in [-0.1, -0.05) is 34.8 Å². The number of aromatic nitrogens is 1. The van der Waals surface area contributed by atoms with E-state index in [-0.39, 0.29) is 31.7 Å². The maximum atomic E-state index is 13.5. The van der Waals surface area contributed by atoms with Crippen molar-refractivity contribution in [1.29, 1.82) is 0 Å². The van der Waals surface area contributed by atoms with Crippen LogP contribution in [0.25, 0.3) is 10.9 Å². The van der Waals surface area contributed by atoms with Gasteiger partial charge in [-0.25, -0.2) is 14.2 Å². The van der Waals surface area contributed by atoms with Crippen LogP contribution in [-0.4, -0.2) is 18.1 Å². The number of carbonyl (C=O) groups is 1. The SMILES string of the molecule is COC(=O)c1cc(Cl)c2c(Cl)c(F)c(Cl)cc2n1. The van der Waals surface area contributed by atoms with Crippen LogP contribution in [0.15, 0.2) is 12.1 Å². The minimum atomic E-state index is -0.777. The number of pyridine rings is 1. The third-order valence-electron chi connectivity index (χ3n) is 2.28. The lowest BCUT2D eigenvalue weighted by molar-refractivity contribution is 0.0594. The average Bonchev–Trinajstić information content (AvgIpc) is 2.34. The Bertz CT molecular complexity index is 661. The minimum Gasteiger partial charge on any atom is -0.464 e. The molecule has 2 aromatic rings. The van der Waals surface area contributed by atoms with Crippen molar-refractivity contribution in [3.8, 4) is 0 Å². The van der Waals surface area contributed by atoms with E-state index < -0.39 is 11.8 Å². The van der Waals surface area contributed by atoms with Crippen molar-refractivity contribution < 1.29 is 13.9 Å². The van der Waals surface area contributed by atoms with Gasteiger partial charge in [0.1, 0.15) is 0 Å². The molecule has 0 spiro atoms. The number of ether oxygens (including phenoxy) is 1. The van der Waals surface area contributed by atoms with Gasteiger partial charge < -0.3 is 4.74 Å². The van der Waals surface area contributed by atoms with E-state index in [4.69, 9.17) is 34.8 Å². The van der Waals surface area contributed by atoms with Crippen LogP contribution in [0.2, 0.25) is 15.1 Å². The molecule has 0 radical (unpaired) electrons. The number of nitrogens with zero attached hydrogens (tertiary/aromatic N) is 1. The summed E-state index contributed by atoms with van der Waals surface area (Å²) in [5, 5.41) is -0.127. The Morgan fingerprint density at radius 1 is 1.28 bits per heavy atom. The molecule has 0 atom stereocenters. The number of methoxy groups -OCH3 is 1. The molecule has 0 bridgehead atoms. The lowest BCUT2D eigenvalue weighted by atomic mass is 10.2. The van der Waals surface area contributed by atoms with E-state index in [0.717, 1.165) is 0 Å². The number of hydrogen-bond donors (Lipinski definition) is 0. The van der Waals surface area contributed by atoms with Gasteiger partial charge in [-0.2, -0.15) is 0 Å². The van der Waals surface area contributed by atoms with Gasteiger partial charge in [-0.3, -0.25) is 0 Å². The van der Waals surface area contributed by atoms with Crippen molar-refractivity contribution >= 4 is 51.7 Å². The summed E-state index contributed by atoms with van der Waals surface area (Å²) in [6.07, 6.45) is 0. The summed E-state index contributed by atoms with van der Waals surface area (Å²) in [7, 11) is 1.22. The average molecular weight is 309 g/mol. The molecule has 1 heterocycles. The van der Waals surface area contributed by atoms with Crippen molar-refractivity contribution in [2.45, 2.75) is 0 Å². The molecule has 1 aromatic heterocycles. The van der Waals surface area contributed by atoms with Crippen LogP contribution < -0.4 is 0 Å². The Morgan fingerprint density at radius 2 is 1.94 bits per heavy atom. The summed E-state index contributed by atoms with van der Waals surface area (Å²) in [5.41, 5.74) is 0.216. The Hall–Kier alpha value is -1.10. The first-order valence-electron chi connectivity index (χ1n) is 4.67. The lowest BCUT2D eigenvalue weighted by Crippen LogP contribution is -2.04. The molecule has 0 N–H and O–H groups in total. The minimum absolute atomic E-state index is 0.00579. The topological polar surface area (TPSA) is 39.2 Å². The normalized spacial score (nSPS) is 10.7. The van der Waals surface area contributed by atoms with Gasteiger partial charge in [-0.15, -0.1) is 0 Å². The number of rotatable bonds is 1. The lowest BCUT2D eigenvalue weighted by Gasteiger charge is -2.07. The van der Waals surface area contributed by atoms with Crippen LogP contribution >= 0.6 is 34.8 Å². The van der Waals surface area contributed by atoms with E-state index in [1.807, 2.05) is 0 Å². The third kappa shape index (κ3) is 2.11. The highest BCUT2D eigenvalue weighted by Gasteiger charge is 2.17. The van der Waals surface area contributed by atoms with E-state index in [1.165, 1.54) is 19.2 Å². The van der Waals surface area contributed by atoms with E-state index in [9.17, 15) is 9.18 Å². The van der Waals surface area contributed by atoms with Crippen LogP contribution in [0.1, 0.15) is 10.5 Å². The molecule has 0 fully saturated rings. The molecular weight excluding hydrogens is 303 g/mol. The second-order valence-corrected chi connectivity index (χ2v) is 4.55. The van der Waals surface area contributed by atoms with Crippen LogP contribution in [0.5, 0.6) is 0 Å². The van der Waals surface area contributed by atoms with E-state index in [1.54, 1.807) is 0 Å². The maximum absolute atomic E-state index is 13.5. The zero-order chi connectivity index (χ0) is 13.4. The first kappa shape index (κ1) is 13.3. The van der Waals surface area contributed by atoms with Crippen molar-refractivity contribution in [2.24, 2.45) is 0 Å². The second kappa shape index (κ2) is 4.88. The first-order valence-corrected chi connectivity index (χ1v) is 5.81. The third-order valence-corrected chi connectivity index (χ3v) is 3.21. The predicted molar refractivity (Wildman–Crippen MR) is 68.1 cm³/mol. The molecule has 0 saturated carbocycles. The number of benzene rings is 1. The number of carbonyl (C=O) groups excluding carboxylic acids is 1. The van der Waals surface area contributed by atoms with Gasteiger partial charge in [0, 0.05) is 5.39 Å². The second-order valence-electron chi connectivity index (χ2n) is 3.36. The van der Waals surface area contributed by atoms with Crippen molar-refractivity contribution in [1.82, 2.24) is 4.98 Å². The zero-order valence-electron chi connectivity index (χ0n) is 8.93. The Morgan fingerprint density at radius 3 is 2.56 bits per heavy atom. The fourth-order valence-corrected chi connectivity index (χ4v) is 2.35. The molecule has 3 nitrogen and oxygen atoms in total. The molecular formula is C11H5Cl3FNO2. The van der Waals surface area contributed by atoms with Crippen LogP contribution in [0, 0.1) is 5.82 Å². The molecule has 0 unspecified atom stereocenters. The highest BCUT2D eigenvalue weighted by Crippen LogP contribution is 2.35. The summed E-state index contributed by atoms with van der Waals surface area (Å²) in [4.78, 5) is 15.3. The van der Waals surface area contributed by atoms with Gasteiger partial charge in [0.15, 0.2) is 11.5 Å². The standard InChI is InChI=1S/C11H5Cl3FNO2/c1-18-11(17)7-2-4(12)8-6(16-7)3-5(13)10(15)9(8)14/h2-3H,1H3. The first-order chi connectivity index (χ1) is 8.45. The summed E-state index contributed by atoms with van der Waals surface area (Å²) in [5.74, 6) is -1.43. The van der Waals surface area contributed by atoms with Crippen molar-refractivity contribution in [2.75, 3.05) is 7.11 Å². The molecule has 94 valence electrons. The van der Waals surface area contributed by atoms with Crippen molar-refractivity contribution in [3.05, 3.63) is 38.7 Å². The van der Waals surface area contributed by atoms with Gasteiger partial charge in [0.2, 0.25) is 0 Å². The number of hydrogen-bond acceptors (Lipinski definition) is 3. The number of esters is 1. The summed E-state index contributed by atoms with van der Waals surface area (Å²) < 4.78 is 18.0. The fraction of sp³-hybridized carbons (Fsp3) is 0.0909. The van der Waals surface area contributed by atoms with Crippen molar-refractivity contribution in [3.63, 3.8) is 0 Å². The molecule has 7 heteroatoms. The smallest absolute Gasteiger partial charge is 0.356 e. The van der Waals surface area contributed by atoms with Gasteiger partial charge >= 0.3 is 5.97 Å². The number of fused-ring (bicyclic) bond motifs is 1. The summed E-state index contributed by atoms with van der Waals surface area (Å²) in [6, 6.07) is 2.51. The summed E-state index contributed by atoms with van der Waals surface area (Å²) in [6.45, 7) is 0. The highest BCUT2D eigenvalue weighted by atomic mass is 35.5. The fourth-order valence-electron chi connectivity index (χ4n) is 1.46. The van der Waals surface area contributed by atoms with Gasteiger partial charge in [-0.05, 0) is 12.1 Å². The van der Waals surface area contributed by atoms with Crippen LogP contribution in [0.4, 0.5) is 4.39 Å². The van der Waals surface area contributed by atoms with Gasteiger partial charge in [0.25, 0.3) is 0 Å². The largest absolute Gasteiger partial charge is 0.464 e. The summed E-state index contributed by atoms with van der Waals surface area (Å²) >= 11 is 17.4. The molecule has 2 rings (SSSR count). The van der Waals surface area contributed by atoms with E-state index in [2.05, 4.69) is 9.72 Å².